The van der Waals surface area contributed by atoms with Crippen molar-refractivity contribution in [1.82, 2.24) is 0 Å². The standard InChI is InChI=1S/3C7H12O2.Cr/c3*1-3-6(8)5-7(9)4-2;/h3*5,8H,3-4H2,1-2H3;. The van der Waals surface area contributed by atoms with Crippen LogP contribution < -0.4 is 0 Å². The molecule has 0 aliphatic heterocycles. The van der Waals surface area contributed by atoms with Gasteiger partial charge in [-0.05, 0) is 0 Å². The maximum atomic E-state index is 10.5. The van der Waals surface area contributed by atoms with Crippen LogP contribution in [0.5, 0.6) is 0 Å². The van der Waals surface area contributed by atoms with Crippen molar-refractivity contribution in [1.29, 1.82) is 0 Å². The van der Waals surface area contributed by atoms with Crippen LogP contribution in [0.1, 0.15) is 80.1 Å². The van der Waals surface area contributed by atoms with Crippen molar-refractivity contribution in [2.75, 3.05) is 0 Å². The second kappa shape index (κ2) is 23.2. The smallest absolute Gasteiger partial charge is 0.158 e. The molecular weight excluding hydrogens is 400 g/mol. The third-order valence-electron chi connectivity index (χ3n) is 3.11. The molecule has 0 aromatic heterocycles. The second-order valence-electron chi connectivity index (χ2n) is 5.43. The average molecular weight is 437 g/mol. The number of aliphatic hydroxyl groups is 3. The van der Waals surface area contributed by atoms with Crippen LogP contribution in [0, 0.1) is 0 Å². The molecule has 0 atom stereocenters. The molecule has 0 amide bonds. The zero-order chi connectivity index (χ0) is 21.8. The Kier molecular flexibility index (Phi) is 27.9. The van der Waals surface area contributed by atoms with Gasteiger partial charge in [0.1, 0.15) is 0 Å². The predicted molar refractivity (Wildman–Crippen MR) is 109 cm³/mol. The molecule has 7 heteroatoms. The summed E-state index contributed by atoms with van der Waals surface area (Å²) in [6, 6.07) is 0. The monoisotopic (exact) mass is 436 g/mol. The molecule has 0 aromatic rings. The Morgan fingerprint density at radius 3 is 0.786 bits per heavy atom. The molecule has 0 rings (SSSR count). The Morgan fingerprint density at radius 1 is 0.500 bits per heavy atom. The molecule has 0 aromatic carbocycles. The summed E-state index contributed by atoms with van der Waals surface area (Å²) < 4.78 is 0. The minimum atomic E-state index is -0.0191. The topological polar surface area (TPSA) is 112 Å². The van der Waals surface area contributed by atoms with E-state index in [4.69, 9.17) is 15.3 Å². The third-order valence-corrected chi connectivity index (χ3v) is 3.11. The van der Waals surface area contributed by atoms with Crippen molar-refractivity contribution < 1.29 is 47.1 Å². The Labute approximate surface area is 180 Å². The normalized spacial score (nSPS) is 11.1. The van der Waals surface area contributed by atoms with Crippen molar-refractivity contribution in [3.8, 4) is 0 Å². The molecule has 0 aliphatic rings. The predicted octanol–water partition coefficient (Wildman–Crippen LogP) is 5.45. The SMILES string of the molecule is CCC(=O)C=C(O)CC.CCC(=O)C=C(O)CC.CCC(=O)C=C(O)CC.[Cr]. The van der Waals surface area contributed by atoms with E-state index in [0.29, 0.717) is 38.5 Å². The summed E-state index contributed by atoms with van der Waals surface area (Å²) in [4.78, 5) is 31.6. The number of carbonyl (C=O) groups is 3. The van der Waals surface area contributed by atoms with Crippen LogP contribution in [0.25, 0.3) is 0 Å². The van der Waals surface area contributed by atoms with Gasteiger partial charge in [-0.25, -0.2) is 0 Å². The largest absolute Gasteiger partial charge is 0.512 e. The first-order chi connectivity index (χ1) is 12.6. The van der Waals surface area contributed by atoms with Gasteiger partial charge in [0.2, 0.25) is 0 Å². The van der Waals surface area contributed by atoms with Crippen LogP contribution in [0.4, 0.5) is 0 Å². The summed E-state index contributed by atoms with van der Waals surface area (Å²) in [7, 11) is 0. The van der Waals surface area contributed by atoms with Crippen LogP contribution in [0.2, 0.25) is 0 Å². The third kappa shape index (κ3) is 26.4. The van der Waals surface area contributed by atoms with E-state index in [2.05, 4.69) is 0 Å². The van der Waals surface area contributed by atoms with E-state index in [1.165, 1.54) is 18.2 Å². The van der Waals surface area contributed by atoms with E-state index in [9.17, 15) is 14.4 Å². The molecule has 0 saturated heterocycles. The van der Waals surface area contributed by atoms with Gasteiger partial charge >= 0.3 is 0 Å². The minimum absolute atomic E-state index is 0. The summed E-state index contributed by atoms with van der Waals surface area (Å²) in [5.41, 5.74) is 0. The van der Waals surface area contributed by atoms with E-state index >= 15 is 0 Å². The van der Waals surface area contributed by atoms with Crippen LogP contribution in [-0.4, -0.2) is 32.7 Å². The first-order valence-electron chi connectivity index (χ1n) is 9.38. The Morgan fingerprint density at radius 2 is 0.679 bits per heavy atom. The van der Waals surface area contributed by atoms with Gasteiger partial charge in [0, 0.05) is 74.1 Å². The fourth-order valence-electron chi connectivity index (χ4n) is 1.17. The quantitative estimate of drug-likeness (QED) is 0.327. The van der Waals surface area contributed by atoms with Gasteiger partial charge in [-0.15, -0.1) is 0 Å². The van der Waals surface area contributed by atoms with Gasteiger partial charge in [-0.1, -0.05) is 41.5 Å². The zero-order valence-electron chi connectivity index (χ0n) is 17.9. The molecule has 3 N–H and O–H groups in total. The van der Waals surface area contributed by atoms with Crippen molar-refractivity contribution in [3.63, 3.8) is 0 Å². The van der Waals surface area contributed by atoms with Crippen LogP contribution in [-0.2, 0) is 31.7 Å². The van der Waals surface area contributed by atoms with Crippen molar-refractivity contribution in [2.45, 2.75) is 80.1 Å². The molecule has 0 fully saturated rings. The van der Waals surface area contributed by atoms with Crippen molar-refractivity contribution in [3.05, 3.63) is 35.5 Å². The summed E-state index contributed by atoms with van der Waals surface area (Å²) in [5, 5.41) is 26.4. The molecule has 0 saturated carbocycles. The average Bonchev–Trinajstić information content (AvgIpc) is 2.67. The molecule has 28 heavy (non-hydrogen) atoms. The molecule has 162 valence electrons. The fraction of sp³-hybridized carbons (Fsp3) is 0.571. The van der Waals surface area contributed by atoms with Crippen molar-refractivity contribution >= 4 is 17.3 Å². The Hall–Kier alpha value is -1.84. The number of hydrogen-bond donors (Lipinski definition) is 3. The summed E-state index contributed by atoms with van der Waals surface area (Å²) >= 11 is 0. The number of allylic oxidation sites excluding steroid dienone is 6. The number of aliphatic hydroxyl groups excluding tert-OH is 3. The summed E-state index contributed by atoms with van der Waals surface area (Å²) in [6.07, 6.45) is 6.82. The molecule has 0 spiro atoms. The molecule has 0 radical (unpaired) electrons. The Bertz CT molecular complexity index is 457. The molecule has 0 aliphatic carbocycles. The van der Waals surface area contributed by atoms with Crippen molar-refractivity contribution in [2.24, 2.45) is 0 Å². The fourth-order valence-corrected chi connectivity index (χ4v) is 1.17. The van der Waals surface area contributed by atoms with Crippen LogP contribution >= 0.6 is 0 Å². The molecule has 0 heterocycles. The number of ketones is 3. The van der Waals surface area contributed by atoms with Gasteiger partial charge in [-0.2, -0.15) is 0 Å². The number of carbonyl (C=O) groups excluding carboxylic acids is 3. The van der Waals surface area contributed by atoms with Gasteiger partial charge in [0.05, 0.1) is 17.3 Å². The minimum Gasteiger partial charge on any atom is -0.512 e. The van der Waals surface area contributed by atoms with E-state index in [1.807, 2.05) is 0 Å². The maximum absolute atomic E-state index is 10.5. The van der Waals surface area contributed by atoms with Gasteiger partial charge in [-0.3, -0.25) is 14.4 Å². The van der Waals surface area contributed by atoms with E-state index in [1.54, 1.807) is 41.5 Å². The molecular formula is C21H36CrO6. The zero-order valence-corrected chi connectivity index (χ0v) is 19.2. The van der Waals surface area contributed by atoms with Crippen LogP contribution in [0.3, 0.4) is 0 Å². The maximum Gasteiger partial charge on any atom is 0.158 e. The molecule has 6 nitrogen and oxygen atoms in total. The van der Waals surface area contributed by atoms with Gasteiger partial charge in [0.25, 0.3) is 0 Å². The van der Waals surface area contributed by atoms with E-state index < -0.39 is 0 Å². The van der Waals surface area contributed by atoms with Gasteiger partial charge in [0.15, 0.2) is 17.3 Å². The number of hydrogen-bond acceptors (Lipinski definition) is 6. The van der Waals surface area contributed by atoms with Crippen LogP contribution in [0.15, 0.2) is 35.5 Å². The van der Waals surface area contributed by atoms with E-state index in [-0.39, 0.29) is 52.0 Å². The molecule has 0 bridgehead atoms. The molecule has 0 unspecified atom stereocenters. The van der Waals surface area contributed by atoms with Gasteiger partial charge < -0.3 is 15.3 Å². The number of rotatable bonds is 9. The first kappa shape index (κ1) is 33.7. The first-order valence-corrected chi connectivity index (χ1v) is 9.38. The summed E-state index contributed by atoms with van der Waals surface area (Å²) in [6.45, 7) is 10.7. The summed E-state index contributed by atoms with van der Waals surface area (Å²) in [5.74, 6) is 0.448. The Balaban J connectivity index is -0.000000152. The second-order valence-corrected chi connectivity index (χ2v) is 5.43. The van der Waals surface area contributed by atoms with E-state index in [0.717, 1.165) is 0 Å².